The van der Waals surface area contributed by atoms with Gasteiger partial charge in [-0.15, -0.1) is 11.8 Å². The highest BCUT2D eigenvalue weighted by Gasteiger charge is 2.34. The van der Waals surface area contributed by atoms with E-state index in [0.29, 0.717) is 17.7 Å². The molecule has 2 aromatic carbocycles. The average molecular weight is 582 g/mol. The van der Waals surface area contributed by atoms with Crippen molar-refractivity contribution in [2.75, 3.05) is 38.1 Å². The number of nitrogens with zero attached hydrogens (tertiary/aromatic N) is 1. The van der Waals surface area contributed by atoms with Gasteiger partial charge in [0.25, 0.3) is 11.8 Å². The Morgan fingerprint density at radius 3 is 2.36 bits per heavy atom. The van der Waals surface area contributed by atoms with Crippen LogP contribution in [0.1, 0.15) is 36.0 Å². The van der Waals surface area contributed by atoms with Gasteiger partial charge < -0.3 is 14.2 Å². The van der Waals surface area contributed by atoms with Crippen LogP contribution in [0, 0.1) is 11.6 Å². The minimum atomic E-state index is -1.02. The molecule has 0 atom stereocenters. The van der Waals surface area contributed by atoms with E-state index >= 15 is 4.39 Å². The van der Waals surface area contributed by atoms with Gasteiger partial charge in [0.1, 0.15) is 18.2 Å². The third kappa shape index (κ3) is 7.65. The molecule has 0 N–H and O–H groups in total. The molecule has 0 spiro atoms. The van der Waals surface area contributed by atoms with Crippen molar-refractivity contribution in [2.45, 2.75) is 30.6 Å². The number of carbonyl (C=O) groups is 4. The second-order valence-corrected chi connectivity index (χ2v) is 9.77. The highest BCUT2D eigenvalue weighted by Crippen LogP contribution is 2.36. The molecule has 0 aliphatic heterocycles. The number of imide groups is 1. The molecule has 0 aromatic heterocycles. The molecule has 0 bridgehead atoms. The number of methoxy groups -OCH3 is 2. The van der Waals surface area contributed by atoms with Gasteiger partial charge in [0.05, 0.1) is 30.2 Å². The van der Waals surface area contributed by atoms with Crippen LogP contribution in [-0.2, 0) is 28.6 Å². The summed E-state index contributed by atoms with van der Waals surface area (Å²) in [5.74, 6) is -5.20. The van der Waals surface area contributed by atoms with E-state index in [2.05, 4.69) is 4.74 Å². The summed E-state index contributed by atoms with van der Waals surface area (Å²) in [6.07, 6.45) is 1.51. The molecule has 2 aromatic rings. The second-order valence-electron chi connectivity index (χ2n) is 8.35. The van der Waals surface area contributed by atoms with Crippen molar-refractivity contribution >= 4 is 52.8 Å². The Hall–Kier alpha value is -3.28. The van der Waals surface area contributed by atoms with E-state index in [9.17, 15) is 23.6 Å². The van der Waals surface area contributed by atoms with E-state index in [1.54, 1.807) is 0 Å². The fraction of sp³-hybridized carbons (Fsp3) is 0.333. The lowest BCUT2D eigenvalue weighted by molar-refractivity contribution is -0.141. The summed E-state index contributed by atoms with van der Waals surface area (Å²) in [5.41, 5.74) is -0.626. The number of anilines is 1. The van der Waals surface area contributed by atoms with Crippen LogP contribution in [0.15, 0.2) is 52.4 Å². The third-order valence-electron chi connectivity index (χ3n) is 5.79. The maximum atomic E-state index is 15.4. The van der Waals surface area contributed by atoms with Gasteiger partial charge in [-0.2, -0.15) is 0 Å². The quantitative estimate of drug-likeness (QED) is 0.165. The van der Waals surface area contributed by atoms with E-state index in [4.69, 9.17) is 21.1 Å². The summed E-state index contributed by atoms with van der Waals surface area (Å²) in [4.78, 5) is 52.8. The van der Waals surface area contributed by atoms with E-state index < -0.39 is 41.1 Å². The van der Waals surface area contributed by atoms with E-state index in [-0.39, 0.29) is 58.4 Å². The zero-order valence-electron chi connectivity index (χ0n) is 21.3. The highest BCUT2D eigenvalue weighted by molar-refractivity contribution is 8.00. The normalized spacial score (nSPS) is 13.2. The molecule has 12 heteroatoms. The van der Waals surface area contributed by atoms with Gasteiger partial charge in [-0.25, -0.2) is 18.5 Å². The van der Waals surface area contributed by atoms with Gasteiger partial charge in [0, 0.05) is 28.7 Å². The molecule has 0 fully saturated rings. The molecule has 0 saturated heterocycles. The molecule has 0 heterocycles. The van der Waals surface area contributed by atoms with E-state index in [1.165, 1.54) is 26.4 Å². The van der Waals surface area contributed by atoms with Crippen molar-refractivity contribution in [2.24, 2.45) is 0 Å². The van der Waals surface area contributed by atoms with Crippen LogP contribution >= 0.6 is 23.4 Å². The van der Waals surface area contributed by atoms with Crippen molar-refractivity contribution in [3.63, 3.8) is 0 Å². The number of benzene rings is 2. The molecule has 208 valence electrons. The van der Waals surface area contributed by atoms with E-state index in [0.717, 1.165) is 36.0 Å². The maximum absolute atomic E-state index is 15.4. The Morgan fingerprint density at radius 2 is 1.69 bits per heavy atom. The molecule has 1 aliphatic carbocycles. The second kappa shape index (κ2) is 14.2. The molecular formula is C27H26ClF2NO7S. The van der Waals surface area contributed by atoms with E-state index in [1.807, 2.05) is 0 Å². The minimum Gasteiger partial charge on any atom is -0.468 e. The molecular weight excluding hydrogens is 556 g/mol. The Labute approximate surface area is 233 Å². The lowest BCUT2D eigenvalue weighted by Crippen LogP contribution is -2.40. The first-order valence-corrected chi connectivity index (χ1v) is 13.2. The summed E-state index contributed by atoms with van der Waals surface area (Å²) in [6, 6.07) is 6.65. The van der Waals surface area contributed by atoms with Gasteiger partial charge in [-0.05, 0) is 56.0 Å². The zero-order valence-corrected chi connectivity index (χ0v) is 22.8. The summed E-state index contributed by atoms with van der Waals surface area (Å²) < 4.78 is 44.1. The molecule has 1 aliphatic rings. The monoisotopic (exact) mass is 581 g/mol. The smallest absolute Gasteiger partial charge is 0.334 e. The summed E-state index contributed by atoms with van der Waals surface area (Å²) in [6.45, 7) is 0.104. The van der Waals surface area contributed by atoms with Gasteiger partial charge in [-0.3, -0.25) is 14.4 Å². The number of rotatable bonds is 10. The Bertz CT molecular complexity index is 1300. The lowest BCUT2D eigenvalue weighted by Gasteiger charge is -2.26. The van der Waals surface area contributed by atoms with Crippen LogP contribution in [0.2, 0.25) is 5.02 Å². The highest BCUT2D eigenvalue weighted by atomic mass is 35.5. The fourth-order valence-electron chi connectivity index (χ4n) is 3.86. The third-order valence-corrected chi connectivity index (χ3v) is 7.24. The summed E-state index contributed by atoms with van der Waals surface area (Å²) >= 11 is 7.09. The predicted octanol–water partition coefficient (Wildman–Crippen LogP) is 5.12. The number of ether oxygens (including phenoxy) is 3. The molecule has 0 unspecified atom stereocenters. The van der Waals surface area contributed by atoms with Crippen LogP contribution in [0.25, 0.3) is 0 Å². The molecule has 8 nitrogen and oxygen atoms in total. The topological polar surface area (TPSA) is 99.2 Å². The number of amides is 2. The minimum absolute atomic E-state index is 0.00784. The van der Waals surface area contributed by atoms with Gasteiger partial charge in [0.15, 0.2) is 0 Å². The van der Waals surface area contributed by atoms with Crippen LogP contribution in [-0.4, -0.2) is 56.9 Å². The van der Waals surface area contributed by atoms with Gasteiger partial charge >= 0.3 is 11.9 Å². The van der Waals surface area contributed by atoms with Crippen molar-refractivity contribution in [3.8, 4) is 0 Å². The number of thioether (sulfide) groups is 1. The SMILES string of the molecule is COCCOC(=O)C1=C(C(=O)N(C(=O)c2cccc(F)c2)c2cc(SCC(=O)OC)c(Cl)cc2F)CCCC1. The van der Waals surface area contributed by atoms with Crippen LogP contribution in [0.4, 0.5) is 14.5 Å². The van der Waals surface area contributed by atoms with Crippen molar-refractivity contribution < 1.29 is 42.2 Å². The van der Waals surface area contributed by atoms with Crippen molar-refractivity contribution in [3.05, 3.63) is 69.8 Å². The van der Waals surface area contributed by atoms with Crippen molar-refractivity contribution in [1.82, 2.24) is 0 Å². The Morgan fingerprint density at radius 1 is 0.974 bits per heavy atom. The number of hydrogen-bond donors (Lipinski definition) is 0. The van der Waals surface area contributed by atoms with Crippen LogP contribution in [0.3, 0.4) is 0 Å². The standard InChI is InChI=1S/C27H26ClF2NO7S/c1-36-10-11-38-27(35)19-9-4-3-8-18(19)26(34)31(25(33)16-6-5-7-17(29)12-16)22-14-23(20(28)13-21(22)30)39-15-24(32)37-2/h5-7,12-14H,3-4,8-11,15H2,1-2H3. The first-order chi connectivity index (χ1) is 18.7. The van der Waals surface area contributed by atoms with Crippen LogP contribution in [0.5, 0.6) is 0 Å². The lowest BCUT2D eigenvalue weighted by atomic mass is 9.90. The first-order valence-electron chi connectivity index (χ1n) is 11.9. The molecule has 0 radical (unpaired) electrons. The van der Waals surface area contributed by atoms with Gasteiger partial charge in [0.2, 0.25) is 0 Å². The first kappa shape index (κ1) is 30.3. The molecule has 3 rings (SSSR count). The van der Waals surface area contributed by atoms with Crippen molar-refractivity contribution in [1.29, 1.82) is 0 Å². The number of hydrogen-bond acceptors (Lipinski definition) is 8. The molecule has 39 heavy (non-hydrogen) atoms. The Balaban J connectivity index is 2.13. The molecule has 2 amide bonds. The largest absolute Gasteiger partial charge is 0.468 e. The summed E-state index contributed by atoms with van der Waals surface area (Å²) in [7, 11) is 2.64. The predicted molar refractivity (Wildman–Crippen MR) is 141 cm³/mol. The average Bonchev–Trinajstić information content (AvgIpc) is 2.93. The van der Waals surface area contributed by atoms with Gasteiger partial charge in [-0.1, -0.05) is 17.7 Å². The summed E-state index contributed by atoms with van der Waals surface area (Å²) in [5, 5.41) is -0.0601. The number of carbonyl (C=O) groups excluding carboxylic acids is 4. The Kier molecular flexibility index (Phi) is 11.0. The maximum Gasteiger partial charge on any atom is 0.334 e. The number of esters is 2. The van der Waals surface area contributed by atoms with Crippen LogP contribution < -0.4 is 4.90 Å². The zero-order chi connectivity index (χ0) is 28.5. The molecule has 0 saturated carbocycles. The number of halogens is 3. The fourth-order valence-corrected chi connectivity index (χ4v) is 4.96.